The van der Waals surface area contributed by atoms with Crippen LogP contribution in [0.15, 0.2) is 45.3 Å². The molecule has 0 amide bonds. The highest BCUT2D eigenvalue weighted by Crippen LogP contribution is 2.39. The molecule has 1 unspecified atom stereocenters. The molecule has 2 aromatic carbocycles. The van der Waals surface area contributed by atoms with Crippen LogP contribution in [-0.4, -0.2) is 0 Å². The molecule has 0 saturated carbocycles. The van der Waals surface area contributed by atoms with E-state index in [0.29, 0.717) is 5.92 Å². The number of halogens is 2. The molecule has 0 fully saturated rings. The third-order valence-electron chi connectivity index (χ3n) is 5.53. The van der Waals surface area contributed by atoms with E-state index in [2.05, 4.69) is 75.2 Å². The first-order chi connectivity index (χ1) is 12.2. The van der Waals surface area contributed by atoms with E-state index in [1.54, 1.807) is 0 Å². The predicted molar refractivity (Wildman–Crippen MR) is 116 cm³/mol. The Kier molecular flexibility index (Phi) is 7.18. The van der Waals surface area contributed by atoms with E-state index in [4.69, 9.17) is 0 Å². The summed E-state index contributed by atoms with van der Waals surface area (Å²) in [6, 6.07) is 13.3. The third kappa shape index (κ3) is 4.77. The van der Waals surface area contributed by atoms with Gasteiger partial charge < -0.3 is 0 Å². The van der Waals surface area contributed by atoms with Gasteiger partial charge in [-0.1, -0.05) is 107 Å². The van der Waals surface area contributed by atoms with Crippen LogP contribution in [0.2, 0.25) is 0 Å². The van der Waals surface area contributed by atoms with Crippen molar-refractivity contribution in [2.45, 2.75) is 70.6 Å². The standard InChI is InChI=1S/C23H28Br2/c1-17(18-12-9-7-10-13-18)21-16-19-14-8-5-3-2-4-6-11-15-20(22(19)24)23(21)25/h7,9-10,12-13,16-17H,2-6,8,11,14-15H2,1H3. The fourth-order valence-corrected chi connectivity index (χ4v) is 5.75. The Morgan fingerprint density at radius 2 is 1.36 bits per heavy atom. The van der Waals surface area contributed by atoms with Crippen LogP contribution in [0.25, 0.3) is 0 Å². The summed E-state index contributed by atoms with van der Waals surface area (Å²) in [7, 11) is 0. The second kappa shape index (κ2) is 9.37. The summed E-state index contributed by atoms with van der Waals surface area (Å²) >= 11 is 7.91. The SMILES string of the molecule is CC(c1ccccc1)c1cc2c(Br)c(c1Br)CCCCCCCCC2. The first-order valence-electron chi connectivity index (χ1n) is 9.73. The van der Waals surface area contributed by atoms with Crippen LogP contribution in [0.5, 0.6) is 0 Å². The quantitative estimate of drug-likeness (QED) is 0.420. The monoisotopic (exact) mass is 462 g/mol. The summed E-state index contributed by atoms with van der Waals surface area (Å²) in [4.78, 5) is 0. The first-order valence-corrected chi connectivity index (χ1v) is 11.3. The van der Waals surface area contributed by atoms with E-state index in [0.717, 1.165) is 0 Å². The van der Waals surface area contributed by atoms with Crippen molar-refractivity contribution >= 4 is 31.9 Å². The highest BCUT2D eigenvalue weighted by molar-refractivity contribution is 9.11. The van der Waals surface area contributed by atoms with Crippen molar-refractivity contribution in [1.82, 2.24) is 0 Å². The Balaban J connectivity index is 2.00. The second-order valence-corrected chi connectivity index (χ2v) is 8.92. The lowest BCUT2D eigenvalue weighted by molar-refractivity contribution is 0.574. The van der Waals surface area contributed by atoms with Gasteiger partial charge in [0.05, 0.1) is 0 Å². The van der Waals surface area contributed by atoms with E-state index in [9.17, 15) is 0 Å². The molecule has 1 aliphatic carbocycles. The van der Waals surface area contributed by atoms with Crippen LogP contribution >= 0.6 is 31.9 Å². The van der Waals surface area contributed by atoms with Gasteiger partial charge in [-0.05, 0) is 47.9 Å². The number of aryl methyl sites for hydroxylation is 1. The van der Waals surface area contributed by atoms with E-state index >= 15 is 0 Å². The minimum Gasteiger partial charge on any atom is -0.0622 e. The van der Waals surface area contributed by atoms with Crippen molar-refractivity contribution in [2.24, 2.45) is 0 Å². The number of hydrogen-bond donors (Lipinski definition) is 0. The maximum Gasteiger partial charge on any atom is 0.0256 e. The average molecular weight is 464 g/mol. The van der Waals surface area contributed by atoms with Gasteiger partial charge in [0.2, 0.25) is 0 Å². The van der Waals surface area contributed by atoms with Crippen LogP contribution in [0.1, 0.15) is 80.0 Å². The summed E-state index contributed by atoms with van der Waals surface area (Å²) in [5.41, 5.74) is 5.81. The van der Waals surface area contributed by atoms with Gasteiger partial charge in [0.15, 0.2) is 0 Å². The Morgan fingerprint density at radius 1 is 0.760 bits per heavy atom. The lowest BCUT2D eigenvalue weighted by Crippen LogP contribution is -2.05. The Labute approximate surface area is 169 Å². The smallest absolute Gasteiger partial charge is 0.0256 e. The molecular weight excluding hydrogens is 436 g/mol. The fraction of sp³-hybridized carbons (Fsp3) is 0.478. The minimum atomic E-state index is 0.411. The molecule has 0 saturated heterocycles. The molecule has 1 atom stereocenters. The molecular formula is C23H28Br2. The average Bonchev–Trinajstić information content (AvgIpc) is 2.63. The van der Waals surface area contributed by atoms with E-state index < -0.39 is 0 Å². The normalized spacial score (nSPS) is 17.4. The molecule has 25 heavy (non-hydrogen) atoms. The van der Waals surface area contributed by atoms with Crippen LogP contribution < -0.4 is 0 Å². The van der Waals surface area contributed by atoms with Crippen LogP contribution in [0.3, 0.4) is 0 Å². The van der Waals surface area contributed by atoms with Gasteiger partial charge in [0, 0.05) is 14.9 Å². The highest BCUT2D eigenvalue weighted by Gasteiger charge is 2.19. The molecule has 0 spiro atoms. The molecule has 0 aliphatic heterocycles. The number of fused-ring (bicyclic) bond motifs is 2. The first kappa shape index (κ1) is 19.2. The van der Waals surface area contributed by atoms with Crippen LogP contribution in [-0.2, 0) is 12.8 Å². The molecule has 0 aromatic heterocycles. The topological polar surface area (TPSA) is 0 Å². The largest absolute Gasteiger partial charge is 0.0622 e. The van der Waals surface area contributed by atoms with Gasteiger partial charge in [0.1, 0.15) is 0 Å². The van der Waals surface area contributed by atoms with Crippen molar-refractivity contribution in [2.75, 3.05) is 0 Å². The van der Waals surface area contributed by atoms with Crippen LogP contribution in [0.4, 0.5) is 0 Å². The van der Waals surface area contributed by atoms with Gasteiger partial charge in [-0.25, -0.2) is 0 Å². The van der Waals surface area contributed by atoms with Crippen LogP contribution in [0, 0.1) is 0 Å². The Hall–Kier alpha value is -0.600. The summed E-state index contributed by atoms with van der Waals surface area (Å²) in [6.07, 6.45) is 11.9. The lowest BCUT2D eigenvalue weighted by atomic mass is 9.88. The van der Waals surface area contributed by atoms with Gasteiger partial charge in [0.25, 0.3) is 0 Å². The molecule has 0 nitrogen and oxygen atoms in total. The highest BCUT2D eigenvalue weighted by atomic mass is 79.9. The van der Waals surface area contributed by atoms with Gasteiger partial charge >= 0.3 is 0 Å². The zero-order valence-corrected chi connectivity index (χ0v) is 18.3. The number of hydrogen-bond acceptors (Lipinski definition) is 0. The van der Waals surface area contributed by atoms with E-state index in [-0.39, 0.29) is 0 Å². The summed E-state index contributed by atoms with van der Waals surface area (Å²) in [6.45, 7) is 2.33. The zero-order valence-electron chi connectivity index (χ0n) is 15.2. The maximum absolute atomic E-state index is 3.97. The van der Waals surface area contributed by atoms with Gasteiger partial charge in [-0.3, -0.25) is 0 Å². The summed E-state index contributed by atoms with van der Waals surface area (Å²) in [5.74, 6) is 0.411. The lowest BCUT2D eigenvalue weighted by Gasteiger charge is -2.21. The fourth-order valence-electron chi connectivity index (χ4n) is 3.92. The zero-order chi connectivity index (χ0) is 17.6. The van der Waals surface area contributed by atoms with Crippen molar-refractivity contribution in [3.63, 3.8) is 0 Å². The maximum atomic E-state index is 3.97. The molecule has 2 bridgehead atoms. The van der Waals surface area contributed by atoms with Gasteiger partial charge in [-0.2, -0.15) is 0 Å². The number of rotatable bonds is 2. The van der Waals surface area contributed by atoms with Crippen molar-refractivity contribution in [3.8, 4) is 0 Å². The Morgan fingerprint density at radius 3 is 2.04 bits per heavy atom. The van der Waals surface area contributed by atoms with Crippen molar-refractivity contribution in [3.05, 3.63) is 67.6 Å². The van der Waals surface area contributed by atoms with Crippen molar-refractivity contribution < 1.29 is 0 Å². The molecule has 134 valence electrons. The van der Waals surface area contributed by atoms with E-state index in [1.165, 1.54) is 89.0 Å². The molecule has 0 heterocycles. The second-order valence-electron chi connectivity index (χ2n) is 7.34. The third-order valence-corrected chi connectivity index (χ3v) is 7.46. The Bertz CT molecular complexity index is 691. The molecule has 0 radical (unpaired) electrons. The minimum absolute atomic E-state index is 0.411. The summed E-state index contributed by atoms with van der Waals surface area (Å²) < 4.78 is 2.67. The molecule has 2 aromatic rings. The van der Waals surface area contributed by atoms with Crippen molar-refractivity contribution in [1.29, 1.82) is 0 Å². The molecule has 3 rings (SSSR count). The summed E-state index contributed by atoms with van der Waals surface area (Å²) in [5, 5.41) is 0. The molecule has 2 heteroatoms. The number of benzene rings is 2. The molecule has 1 aliphatic rings. The van der Waals surface area contributed by atoms with E-state index in [1.807, 2.05) is 0 Å². The predicted octanol–water partition coefficient (Wildman–Crippen LogP) is 8.19. The van der Waals surface area contributed by atoms with Gasteiger partial charge in [-0.15, -0.1) is 0 Å². The molecule has 0 N–H and O–H groups in total.